The molecule has 1 aromatic heterocycles. The van der Waals surface area contributed by atoms with Crippen LogP contribution in [0.3, 0.4) is 0 Å². The van der Waals surface area contributed by atoms with Crippen LogP contribution in [-0.2, 0) is 32.7 Å². The molecule has 0 unspecified atom stereocenters. The monoisotopic (exact) mass is 431 g/mol. The lowest BCUT2D eigenvalue weighted by molar-refractivity contribution is -0.147. The van der Waals surface area contributed by atoms with E-state index in [0.29, 0.717) is 23.6 Å². The van der Waals surface area contributed by atoms with Crippen molar-refractivity contribution >= 4 is 27.0 Å². The lowest BCUT2D eigenvalue weighted by Gasteiger charge is -2.11. The number of aryl methyl sites for hydroxylation is 2. The Bertz CT molecular complexity index is 1170. The molecule has 9 heteroatoms. The summed E-state index contributed by atoms with van der Waals surface area (Å²) in [6.07, 6.45) is 0. The van der Waals surface area contributed by atoms with Crippen LogP contribution in [0, 0.1) is 6.92 Å². The molecule has 0 bridgehead atoms. The first-order chi connectivity index (χ1) is 14.2. The number of hydrogen-bond donors (Lipinski definition) is 0. The molecule has 0 aliphatic carbocycles. The van der Waals surface area contributed by atoms with Gasteiger partial charge in [-0.1, -0.05) is 18.2 Å². The van der Waals surface area contributed by atoms with E-state index < -0.39 is 16.0 Å². The molecule has 0 atom stereocenters. The first-order valence-electron chi connectivity index (χ1n) is 9.49. The Morgan fingerprint density at radius 2 is 1.90 bits per heavy atom. The molecule has 0 saturated carbocycles. The molecule has 30 heavy (non-hydrogen) atoms. The van der Waals surface area contributed by atoms with Gasteiger partial charge in [0.25, 0.3) is 0 Å². The van der Waals surface area contributed by atoms with Crippen LogP contribution in [0.25, 0.3) is 11.0 Å². The number of aromatic nitrogens is 2. The summed E-state index contributed by atoms with van der Waals surface area (Å²) in [6.45, 7) is 4.20. The van der Waals surface area contributed by atoms with Crippen LogP contribution in [0.1, 0.15) is 18.3 Å². The van der Waals surface area contributed by atoms with Crippen LogP contribution >= 0.6 is 0 Å². The quantitative estimate of drug-likeness (QED) is 0.510. The molecule has 0 spiro atoms. The maximum absolute atomic E-state index is 12.4. The number of carbonyl (C=O) groups excluding carboxylic acids is 1. The zero-order valence-corrected chi connectivity index (χ0v) is 18.3. The molecule has 0 aliphatic heterocycles. The van der Waals surface area contributed by atoms with Gasteiger partial charge in [0.15, 0.2) is 6.61 Å². The van der Waals surface area contributed by atoms with E-state index in [1.807, 2.05) is 36.6 Å². The van der Waals surface area contributed by atoms with Crippen molar-refractivity contribution in [2.75, 3.05) is 20.7 Å². The fourth-order valence-corrected chi connectivity index (χ4v) is 3.96. The predicted octanol–water partition coefficient (Wildman–Crippen LogP) is 2.74. The first-order valence-corrected chi connectivity index (χ1v) is 10.9. The standard InChI is InChI=1S/C21H25N3O5S/c1-5-24-18-11-10-16(30(26,27)23(3)4)12-17(18)22-20(24)13-29-21(25)14-28-19-9-7-6-8-15(19)2/h6-12H,5,13-14H2,1-4H3. The molecule has 0 saturated heterocycles. The van der Waals surface area contributed by atoms with E-state index >= 15 is 0 Å². The molecule has 2 aromatic carbocycles. The van der Waals surface area contributed by atoms with Crippen LogP contribution in [0.4, 0.5) is 0 Å². The number of para-hydroxylation sites is 1. The Balaban J connectivity index is 1.74. The summed E-state index contributed by atoms with van der Waals surface area (Å²) in [6, 6.07) is 12.2. The molecule has 0 fully saturated rings. The van der Waals surface area contributed by atoms with Gasteiger partial charge in [0, 0.05) is 20.6 Å². The number of imidazole rings is 1. The van der Waals surface area contributed by atoms with Crippen LogP contribution in [-0.4, -0.2) is 48.9 Å². The Hall–Kier alpha value is -2.91. The number of rotatable bonds is 8. The normalized spacial score (nSPS) is 11.8. The number of nitrogens with zero attached hydrogens (tertiary/aromatic N) is 3. The van der Waals surface area contributed by atoms with E-state index in [0.717, 1.165) is 15.4 Å². The van der Waals surface area contributed by atoms with Gasteiger partial charge in [-0.15, -0.1) is 0 Å². The summed E-state index contributed by atoms with van der Waals surface area (Å²) in [5.41, 5.74) is 2.24. The van der Waals surface area contributed by atoms with Gasteiger partial charge < -0.3 is 14.0 Å². The van der Waals surface area contributed by atoms with Crippen LogP contribution < -0.4 is 4.74 Å². The molecule has 0 amide bonds. The number of sulfonamides is 1. The number of benzene rings is 2. The number of ether oxygens (including phenoxy) is 2. The number of esters is 1. The summed E-state index contributed by atoms with van der Waals surface area (Å²) >= 11 is 0. The highest BCUT2D eigenvalue weighted by Gasteiger charge is 2.20. The summed E-state index contributed by atoms with van der Waals surface area (Å²) in [5, 5.41) is 0. The Labute approximate surface area is 176 Å². The van der Waals surface area contributed by atoms with Gasteiger partial charge >= 0.3 is 5.97 Å². The van der Waals surface area contributed by atoms with Crippen LogP contribution in [0.2, 0.25) is 0 Å². The smallest absolute Gasteiger partial charge is 0.344 e. The largest absolute Gasteiger partial charge is 0.482 e. The highest BCUT2D eigenvalue weighted by atomic mass is 32.2. The highest BCUT2D eigenvalue weighted by molar-refractivity contribution is 7.89. The molecular formula is C21H25N3O5S. The van der Waals surface area contributed by atoms with Gasteiger partial charge in [0.05, 0.1) is 15.9 Å². The van der Waals surface area contributed by atoms with Crippen molar-refractivity contribution < 1.29 is 22.7 Å². The molecular weight excluding hydrogens is 406 g/mol. The SMILES string of the molecule is CCn1c(COC(=O)COc2ccccc2C)nc2cc(S(=O)(=O)N(C)C)ccc21. The molecule has 160 valence electrons. The third-order valence-corrected chi connectivity index (χ3v) is 6.51. The third-order valence-electron chi connectivity index (χ3n) is 4.69. The van der Waals surface area contributed by atoms with Crippen molar-refractivity contribution in [1.29, 1.82) is 0 Å². The van der Waals surface area contributed by atoms with E-state index in [9.17, 15) is 13.2 Å². The summed E-state index contributed by atoms with van der Waals surface area (Å²) in [5.74, 6) is 0.657. The van der Waals surface area contributed by atoms with E-state index in [2.05, 4.69) is 4.98 Å². The van der Waals surface area contributed by atoms with Gasteiger partial charge in [0.2, 0.25) is 10.0 Å². The van der Waals surface area contributed by atoms with Crippen molar-refractivity contribution in [3.05, 3.63) is 53.9 Å². The lowest BCUT2D eigenvalue weighted by Crippen LogP contribution is -2.22. The van der Waals surface area contributed by atoms with E-state index in [-0.39, 0.29) is 18.1 Å². The maximum atomic E-state index is 12.4. The van der Waals surface area contributed by atoms with E-state index in [4.69, 9.17) is 9.47 Å². The average Bonchev–Trinajstić information content (AvgIpc) is 3.08. The predicted molar refractivity (Wildman–Crippen MR) is 113 cm³/mol. The van der Waals surface area contributed by atoms with Crippen LogP contribution in [0.15, 0.2) is 47.4 Å². The second-order valence-electron chi connectivity index (χ2n) is 6.93. The van der Waals surface area contributed by atoms with Crippen molar-refractivity contribution in [3.63, 3.8) is 0 Å². The minimum Gasteiger partial charge on any atom is -0.482 e. The number of hydrogen-bond acceptors (Lipinski definition) is 6. The minimum atomic E-state index is -3.56. The second-order valence-corrected chi connectivity index (χ2v) is 9.08. The minimum absolute atomic E-state index is 0.0335. The summed E-state index contributed by atoms with van der Waals surface area (Å²) in [7, 11) is -0.599. The fraction of sp³-hybridized carbons (Fsp3) is 0.333. The van der Waals surface area contributed by atoms with E-state index in [1.54, 1.807) is 18.2 Å². The summed E-state index contributed by atoms with van der Waals surface area (Å²) in [4.78, 5) is 16.8. The van der Waals surface area contributed by atoms with Crippen molar-refractivity contribution in [2.45, 2.75) is 31.9 Å². The molecule has 8 nitrogen and oxygen atoms in total. The number of fused-ring (bicyclic) bond motifs is 1. The van der Waals surface area contributed by atoms with Gasteiger partial charge in [-0.2, -0.15) is 0 Å². The molecule has 3 rings (SSSR count). The van der Waals surface area contributed by atoms with Gasteiger partial charge in [-0.05, 0) is 43.7 Å². The Kier molecular flexibility index (Phi) is 6.42. The zero-order valence-electron chi connectivity index (χ0n) is 17.5. The molecule has 0 N–H and O–H groups in total. The lowest BCUT2D eigenvalue weighted by atomic mass is 10.2. The topological polar surface area (TPSA) is 90.7 Å². The van der Waals surface area contributed by atoms with Crippen LogP contribution in [0.5, 0.6) is 5.75 Å². The third kappa shape index (κ3) is 4.47. The second kappa shape index (κ2) is 8.85. The molecule has 1 heterocycles. The highest BCUT2D eigenvalue weighted by Crippen LogP contribution is 2.22. The fourth-order valence-electron chi connectivity index (χ4n) is 3.04. The zero-order chi connectivity index (χ0) is 21.9. The number of carbonyl (C=O) groups is 1. The summed E-state index contributed by atoms with van der Waals surface area (Å²) < 4.78 is 38.6. The maximum Gasteiger partial charge on any atom is 0.344 e. The molecule has 0 aliphatic rings. The van der Waals surface area contributed by atoms with Gasteiger partial charge in [-0.3, -0.25) is 0 Å². The van der Waals surface area contributed by atoms with Gasteiger partial charge in [-0.25, -0.2) is 22.5 Å². The van der Waals surface area contributed by atoms with Crippen molar-refractivity contribution in [2.24, 2.45) is 0 Å². The molecule has 0 radical (unpaired) electrons. The van der Waals surface area contributed by atoms with E-state index in [1.165, 1.54) is 20.2 Å². The Morgan fingerprint density at radius 3 is 2.57 bits per heavy atom. The van der Waals surface area contributed by atoms with Crippen molar-refractivity contribution in [3.8, 4) is 5.75 Å². The molecule has 3 aromatic rings. The van der Waals surface area contributed by atoms with Gasteiger partial charge in [0.1, 0.15) is 18.2 Å². The Morgan fingerprint density at radius 1 is 1.17 bits per heavy atom. The van der Waals surface area contributed by atoms with Crippen molar-refractivity contribution in [1.82, 2.24) is 13.9 Å². The average molecular weight is 432 g/mol. The first kappa shape index (κ1) is 21.8.